The maximum Gasteiger partial charge on any atom is 0.271 e. The molecule has 29 heavy (non-hydrogen) atoms. The average molecular weight is 393 g/mol. The normalized spacial score (nSPS) is 10.3. The lowest BCUT2D eigenvalue weighted by Gasteiger charge is -2.08. The van der Waals surface area contributed by atoms with Crippen LogP contribution in [0.2, 0.25) is 0 Å². The largest absolute Gasteiger partial charge is 0.350 e. The van der Waals surface area contributed by atoms with Gasteiger partial charge < -0.3 is 16.0 Å². The Balaban J connectivity index is 1.52. The van der Waals surface area contributed by atoms with Gasteiger partial charge in [-0.25, -0.2) is 4.39 Å². The fraction of sp³-hybridized carbons (Fsp3) is 0.143. The molecule has 0 radical (unpaired) electrons. The van der Waals surface area contributed by atoms with Crippen LogP contribution in [0.15, 0.2) is 60.7 Å². The first-order valence-electron chi connectivity index (χ1n) is 9.01. The number of rotatable bonds is 7. The van der Waals surface area contributed by atoms with E-state index in [-0.39, 0.29) is 23.3 Å². The van der Waals surface area contributed by atoms with Gasteiger partial charge in [-0.05, 0) is 54.4 Å². The van der Waals surface area contributed by atoms with Crippen LogP contribution in [0.1, 0.15) is 23.0 Å². The van der Waals surface area contributed by atoms with Crippen molar-refractivity contribution in [3.8, 4) is 0 Å². The number of anilines is 3. The van der Waals surface area contributed by atoms with Crippen molar-refractivity contribution >= 4 is 29.0 Å². The third-order valence-electron chi connectivity index (χ3n) is 4.01. The molecule has 0 spiro atoms. The highest BCUT2D eigenvalue weighted by Gasteiger charge is 2.09. The second-order valence-corrected chi connectivity index (χ2v) is 6.28. The maximum absolute atomic E-state index is 13.6. The third-order valence-corrected chi connectivity index (χ3v) is 4.01. The third kappa shape index (κ3) is 5.83. The monoisotopic (exact) mass is 393 g/mol. The first kappa shape index (κ1) is 19.9. The van der Waals surface area contributed by atoms with Crippen LogP contribution in [0.3, 0.4) is 0 Å². The number of aromatic nitrogens is 2. The molecular formula is C21H20FN5O2. The SMILES string of the molecule is CC(=O)Nc1ccc(Nc2ccc(C(=O)NCCc3ccccc3F)nn2)cc1. The highest BCUT2D eigenvalue weighted by atomic mass is 19.1. The molecule has 3 aromatic rings. The van der Waals surface area contributed by atoms with Gasteiger partial charge in [-0.1, -0.05) is 18.2 Å². The van der Waals surface area contributed by atoms with Gasteiger partial charge in [0.1, 0.15) is 5.82 Å². The molecule has 1 heterocycles. The molecule has 3 rings (SSSR count). The van der Waals surface area contributed by atoms with Gasteiger partial charge in [-0.2, -0.15) is 0 Å². The molecule has 0 atom stereocenters. The molecule has 0 fully saturated rings. The van der Waals surface area contributed by atoms with Crippen LogP contribution in [0.5, 0.6) is 0 Å². The Bertz CT molecular complexity index is 991. The molecule has 0 saturated carbocycles. The Hall–Kier alpha value is -3.81. The molecule has 2 amide bonds. The number of hydrogen-bond acceptors (Lipinski definition) is 5. The van der Waals surface area contributed by atoms with E-state index in [4.69, 9.17) is 0 Å². The van der Waals surface area contributed by atoms with Gasteiger partial charge in [0.15, 0.2) is 11.5 Å². The van der Waals surface area contributed by atoms with Crippen molar-refractivity contribution in [2.45, 2.75) is 13.3 Å². The summed E-state index contributed by atoms with van der Waals surface area (Å²) in [6.45, 7) is 1.74. The molecule has 7 nitrogen and oxygen atoms in total. The van der Waals surface area contributed by atoms with Crippen molar-refractivity contribution in [3.63, 3.8) is 0 Å². The predicted octanol–water partition coefficient (Wildman–Crippen LogP) is 3.29. The minimum atomic E-state index is -0.375. The molecule has 148 valence electrons. The highest BCUT2D eigenvalue weighted by Crippen LogP contribution is 2.17. The smallest absolute Gasteiger partial charge is 0.271 e. The number of halogens is 1. The number of carbonyl (C=O) groups excluding carboxylic acids is 2. The number of carbonyl (C=O) groups is 2. The van der Waals surface area contributed by atoms with Crippen molar-refractivity contribution in [2.24, 2.45) is 0 Å². The lowest BCUT2D eigenvalue weighted by atomic mass is 10.1. The van der Waals surface area contributed by atoms with E-state index >= 15 is 0 Å². The van der Waals surface area contributed by atoms with Crippen molar-refractivity contribution in [1.82, 2.24) is 15.5 Å². The molecule has 8 heteroatoms. The first-order valence-corrected chi connectivity index (χ1v) is 9.01. The van der Waals surface area contributed by atoms with E-state index < -0.39 is 0 Å². The van der Waals surface area contributed by atoms with Crippen molar-refractivity contribution in [3.05, 3.63) is 77.7 Å². The fourth-order valence-electron chi connectivity index (χ4n) is 2.61. The van der Waals surface area contributed by atoms with E-state index in [2.05, 4.69) is 26.1 Å². The lowest BCUT2D eigenvalue weighted by Crippen LogP contribution is -2.27. The average Bonchev–Trinajstić information content (AvgIpc) is 2.71. The summed E-state index contributed by atoms with van der Waals surface area (Å²) in [6, 6.07) is 16.7. The van der Waals surface area contributed by atoms with E-state index in [9.17, 15) is 14.0 Å². The zero-order valence-electron chi connectivity index (χ0n) is 15.8. The van der Waals surface area contributed by atoms with Crippen LogP contribution in [0.25, 0.3) is 0 Å². The maximum atomic E-state index is 13.6. The molecule has 0 aliphatic heterocycles. The molecule has 0 unspecified atom stereocenters. The zero-order valence-corrected chi connectivity index (χ0v) is 15.8. The molecule has 0 aliphatic carbocycles. The summed E-state index contributed by atoms with van der Waals surface area (Å²) in [5.41, 5.74) is 2.17. The molecule has 2 aromatic carbocycles. The Morgan fingerprint density at radius 3 is 2.31 bits per heavy atom. The van der Waals surface area contributed by atoms with Gasteiger partial charge in [0.2, 0.25) is 5.91 Å². The van der Waals surface area contributed by atoms with Gasteiger partial charge in [-0.15, -0.1) is 10.2 Å². The number of nitrogens with one attached hydrogen (secondary N) is 3. The van der Waals surface area contributed by atoms with Gasteiger partial charge in [0.25, 0.3) is 5.91 Å². The summed E-state index contributed by atoms with van der Waals surface area (Å²) in [5, 5.41) is 16.4. The van der Waals surface area contributed by atoms with Crippen LogP contribution >= 0.6 is 0 Å². The summed E-state index contributed by atoms with van der Waals surface area (Å²) in [5.74, 6) is -0.332. The van der Waals surface area contributed by atoms with Crippen LogP contribution in [-0.2, 0) is 11.2 Å². The molecule has 1 aromatic heterocycles. The van der Waals surface area contributed by atoms with E-state index in [1.807, 2.05) is 0 Å². The second-order valence-electron chi connectivity index (χ2n) is 6.28. The number of amides is 2. The second kappa shape index (κ2) is 9.41. The van der Waals surface area contributed by atoms with Crippen molar-refractivity contribution in [2.75, 3.05) is 17.2 Å². The topological polar surface area (TPSA) is 96.0 Å². The summed E-state index contributed by atoms with van der Waals surface area (Å²) < 4.78 is 13.6. The van der Waals surface area contributed by atoms with Gasteiger partial charge >= 0.3 is 0 Å². The Kier molecular flexibility index (Phi) is 6.47. The Morgan fingerprint density at radius 2 is 1.66 bits per heavy atom. The Labute approximate surface area is 167 Å². The molecule has 0 saturated heterocycles. The molecular weight excluding hydrogens is 373 g/mol. The fourth-order valence-corrected chi connectivity index (χ4v) is 2.61. The lowest BCUT2D eigenvalue weighted by molar-refractivity contribution is -0.114. The van der Waals surface area contributed by atoms with Crippen LogP contribution in [0.4, 0.5) is 21.6 Å². The highest BCUT2D eigenvalue weighted by molar-refractivity contribution is 5.92. The molecule has 0 aliphatic rings. The quantitative estimate of drug-likeness (QED) is 0.572. The first-order chi connectivity index (χ1) is 14.0. The predicted molar refractivity (Wildman–Crippen MR) is 108 cm³/mol. The van der Waals surface area contributed by atoms with E-state index in [0.29, 0.717) is 30.0 Å². The van der Waals surface area contributed by atoms with Crippen molar-refractivity contribution < 1.29 is 14.0 Å². The van der Waals surface area contributed by atoms with Gasteiger partial charge in [0.05, 0.1) is 0 Å². The molecule has 3 N–H and O–H groups in total. The van der Waals surface area contributed by atoms with E-state index in [1.54, 1.807) is 54.6 Å². The minimum Gasteiger partial charge on any atom is -0.350 e. The summed E-state index contributed by atoms with van der Waals surface area (Å²) in [6.07, 6.45) is 0.389. The van der Waals surface area contributed by atoms with E-state index in [1.165, 1.54) is 13.0 Å². The number of nitrogens with zero attached hydrogens (tertiary/aromatic N) is 2. The molecule has 0 bridgehead atoms. The van der Waals surface area contributed by atoms with Crippen LogP contribution in [0, 0.1) is 5.82 Å². The van der Waals surface area contributed by atoms with Gasteiger partial charge in [-0.3, -0.25) is 9.59 Å². The van der Waals surface area contributed by atoms with Gasteiger partial charge in [0, 0.05) is 24.8 Å². The van der Waals surface area contributed by atoms with Crippen LogP contribution < -0.4 is 16.0 Å². The number of benzene rings is 2. The number of hydrogen-bond donors (Lipinski definition) is 3. The minimum absolute atomic E-state index is 0.139. The van der Waals surface area contributed by atoms with E-state index in [0.717, 1.165) is 5.69 Å². The summed E-state index contributed by atoms with van der Waals surface area (Å²) in [4.78, 5) is 23.2. The Morgan fingerprint density at radius 1 is 0.931 bits per heavy atom. The zero-order chi connectivity index (χ0) is 20.6. The van der Waals surface area contributed by atoms with Crippen molar-refractivity contribution in [1.29, 1.82) is 0 Å². The summed E-state index contributed by atoms with van der Waals surface area (Å²) in [7, 11) is 0. The standard InChI is InChI=1S/C21H20FN5O2/c1-14(28)24-16-6-8-17(9-7-16)25-20-11-10-19(26-27-20)21(29)23-13-12-15-4-2-3-5-18(15)22/h2-11H,12-13H2,1H3,(H,23,29)(H,24,28)(H,25,27). The van der Waals surface area contributed by atoms with Crippen LogP contribution in [-0.4, -0.2) is 28.6 Å². The summed E-state index contributed by atoms with van der Waals surface area (Å²) >= 11 is 0.